The fraction of sp³-hybridized carbons (Fsp3) is 0.0769. The maximum Gasteiger partial charge on any atom is 0.276 e. The maximum absolute atomic E-state index is 12.1. The van der Waals surface area contributed by atoms with Crippen molar-refractivity contribution in [2.45, 2.75) is 0 Å². The van der Waals surface area contributed by atoms with Crippen LogP contribution < -0.4 is 11.1 Å². The number of hydrogen-bond acceptors (Lipinski definition) is 2. The van der Waals surface area contributed by atoms with Crippen molar-refractivity contribution in [2.75, 3.05) is 0 Å². The Morgan fingerprint density at radius 3 is 2.53 bits per heavy atom. The number of fused-ring (bicyclic) bond motifs is 1. The molecule has 2 heterocycles. The van der Waals surface area contributed by atoms with Crippen molar-refractivity contribution in [1.29, 1.82) is 0 Å². The first-order chi connectivity index (χ1) is 9.06. The van der Waals surface area contributed by atoms with Crippen LogP contribution in [0.2, 0.25) is 5.02 Å². The summed E-state index contributed by atoms with van der Waals surface area (Å²) in [5.41, 5.74) is 1.31. The van der Waals surface area contributed by atoms with Gasteiger partial charge in [-0.05, 0) is 17.7 Å². The zero-order valence-electron chi connectivity index (χ0n) is 10.0. The standard InChI is InChI=1S/C13H10ClN3O2/c1-17-13(19)11-9(16-17)6-10(18)15-12(11)7-2-4-8(14)5-3-7/h2-6,16H,1H3,(H,15,18). The Hall–Kier alpha value is -2.27. The third-order valence-electron chi connectivity index (χ3n) is 2.98. The molecule has 96 valence electrons. The van der Waals surface area contributed by atoms with Crippen LogP contribution in [0, 0.1) is 0 Å². The highest BCUT2D eigenvalue weighted by atomic mass is 35.5. The van der Waals surface area contributed by atoms with Crippen LogP contribution in [0.15, 0.2) is 39.9 Å². The number of aromatic nitrogens is 3. The van der Waals surface area contributed by atoms with Gasteiger partial charge in [-0.15, -0.1) is 0 Å². The first-order valence-electron chi connectivity index (χ1n) is 5.64. The van der Waals surface area contributed by atoms with E-state index in [1.54, 1.807) is 31.3 Å². The molecule has 0 radical (unpaired) electrons. The molecule has 3 rings (SSSR count). The Kier molecular flexibility index (Phi) is 2.57. The van der Waals surface area contributed by atoms with E-state index in [1.165, 1.54) is 10.7 Å². The van der Waals surface area contributed by atoms with Gasteiger partial charge in [0.05, 0.1) is 16.6 Å². The normalized spacial score (nSPS) is 11.1. The summed E-state index contributed by atoms with van der Waals surface area (Å²) in [5, 5.41) is 3.91. The van der Waals surface area contributed by atoms with Gasteiger partial charge < -0.3 is 4.98 Å². The summed E-state index contributed by atoms with van der Waals surface area (Å²) in [6.07, 6.45) is 0. The summed E-state index contributed by atoms with van der Waals surface area (Å²) in [6, 6.07) is 8.32. The number of nitrogens with zero attached hydrogens (tertiary/aromatic N) is 1. The van der Waals surface area contributed by atoms with Crippen LogP contribution in [0.25, 0.3) is 22.2 Å². The quantitative estimate of drug-likeness (QED) is 0.712. The Morgan fingerprint density at radius 1 is 1.16 bits per heavy atom. The fourth-order valence-electron chi connectivity index (χ4n) is 2.10. The molecular formula is C13H10ClN3O2. The molecule has 0 aliphatic rings. The predicted molar refractivity (Wildman–Crippen MR) is 74.6 cm³/mol. The van der Waals surface area contributed by atoms with Gasteiger partial charge in [-0.1, -0.05) is 23.7 Å². The van der Waals surface area contributed by atoms with Crippen LogP contribution >= 0.6 is 11.6 Å². The largest absolute Gasteiger partial charge is 0.321 e. The minimum absolute atomic E-state index is 0.184. The number of nitrogens with one attached hydrogen (secondary N) is 2. The monoisotopic (exact) mass is 275 g/mol. The molecule has 0 aliphatic heterocycles. The van der Waals surface area contributed by atoms with Crippen LogP contribution in [0.1, 0.15) is 0 Å². The molecule has 0 aliphatic carbocycles. The summed E-state index contributed by atoms with van der Waals surface area (Å²) < 4.78 is 1.34. The third-order valence-corrected chi connectivity index (χ3v) is 3.23. The molecule has 6 heteroatoms. The van der Waals surface area contributed by atoms with E-state index in [1.807, 2.05) is 0 Å². The molecule has 0 amide bonds. The number of halogens is 1. The second-order valence-electron chi connectivity index (χ2n) is 4.28. The van der Waals surface area contributed by atoms with Crippen LogP contribution in [-0.4, -0.2) is 14.8 Å². The number of aryl methyl sites for hydroxylation is 1. The van der Waals surface area contributed by atoms with Crippen LogP contribution in [-0.2, 0) is 7.05 Å². The van der Waals surface area contributed by atoms with Crippen molar-refractivity contribution < 1.29 is 0 Å². The number of H-pyrrole nitrogens is 2. The molecule has 19 heavy (non-hydrogen) atoms. The number of pyridine rings is 1. The first kappa shape index (κ1) is 11.8. The Balaban J connectivity index is 2.43. The molecule has 2 aromatic heterocycles. The van der Waals surface area contributed by atoms with E-state index >= 15 is 0 Å². The Morgan fingerprint density at radius 2 is 1.84 bits per heavy atom. The molecule has 0 saturated carbocycles. The summed E-state index contributed by atoms with van der Waals surface area (Å²) in [5.74, 6) is 0. The average molecular weight is 276 g/mol. The van der Waals surface area contributed by atoms with Crippen LogP contribution in [0.4, 0.5) is 0 Å². The molecule has 0 bridgehead atoms. The zero-order chi connectivity index (χ0) is 13.6. The van der Waals surface area contributed by atoms with Crippen molar-refractivity contribution >= 4 is 22.5 Å². The van der Waals surface area contributed by atoms with Crippen molar-refractivity contribution in [2.24, 2.45) is 7.05 Å². The average Bonchev–Trinajstić information content (AvgIpc) is 2.65. The van der Waals surface area contributed by atoms with E-state index in [2.05, 4.69) is 10.1 Å². The SMILES string of the molecule is Cn1[nH]c2cc(=O)[nH]c(-c3ccc(Cl)cc3)c2c1=O. The van der Waals surface area contributed by atoms with Crippen molar-refractivity contribution in [3.8, 4) is 11.3 Å². The Bertz CT molecular complexity index is 872. The molecule has 0 spiro atoms. The number of hydrogen-bond donors (Lipinski definition) is 2. The van der Waals surface area contributed by atoms with E-state index in [9.17, 15) is 9.59 Å². The van der Waals surface area contributed by atoms with Gasteiger partial charge in [0.25, 0.3) is 11.1 Å². The van der Waals surface area contributed by atoms with Gasteiger partial charge in [0, 0.05) is 18.1 Å². The first-order valence-corrected chi connectivity index (χ1v) is 6.02. The molecule has 2 N–H and O–H groups in total. The summed E-state index contributed by atoms with van der Waals surface area (Å²) in [7, 11) is 1.61. The van der Waals surface area contributed by atoms with E-state index in [0.717, 1.165) is 5.56 Å². The van der Waals surface area contributed by atoms with Gasteiger partial charge in [-0.2, -0.15) is 0 Å². The number of rotatable bonds is 1. The molecule has 0 atom stereocenters. The lowest BCUT2D eigenvalue weighted by Crippen LogP contribution is -2.13. The zero-order valence-corrected chi connectivity index (χ0v) is 10.8. The van der Waals surface area contributed by atoms with Crippen LogP contribution in [0.3, 0.4) is 0 Å². The molecular weight excluding hydrogens is 266 g/mol. The molecule has 0 fully saturated rings. The van der Waals surface area contributed by atoms with Gasteiger partial charge >= 0.3 is 0 Å². The fourth-order valence-corrected chi connectivity index (χ4v) is 2.23. The Labute approximate surface area is 112 Å². The lowest BCUT2D eigenvalue weighted by molar-refractivity contribution is 0.751. The van der Waals surface area contributed by atoms with E-state index in [0.29, 0.717) is 21.6 Å². The van der Waals surface area contributed by atoms with E-state index in [4.69, 9.17) is 11.6 Å². The number of aromatic amines is 2. The molecule has 3 aromatic rings. The third kappa shape index (κ3) is 1.88. The molecule has 1 aromatic carbocycles. The van der Waals surface area contributed by atoms with Crippen molar-refractivity contribution in [3.05, 3.63) is 56.1 Å². The second-order valence-corrected chi connectivity index (χ2v) is 4.72. The highest BCUT2D eigenvalue weighted by molar-refractivity contribution is 6.30. The molecule has 0 unspecified atom stereocenters. The molecule has 5 nitrogen and oxygen atoms in total. The lowest BCUT2D eigenvalue weighted by Gasteiger charge is -2.02. The highest BCUT2D eigenvalue weighted by Crippen LogP contribution is 2.23. The summed E-state index contributed by atoms with van der Waals surface area (Å²) in [6.45, 7) is 0. The van der Waals surface area contributed by atoms with E-state index < -0.39 is 0 Å². The van der Waals surface area contributed by atoms with Gasteiger partial charge in [-0.25, -0.2) is 0 Å². The van der Waals surface area contributed by atoms with Gasteiger partial charge in [0.15, 0.2) is 0 Å². The van der Waals surface area contributed by atoms with Gasteiger partial charge in [0.2, 0.25) is 0 Å². The van der Waals surface area contributed by atoms with Gasteiger partial charge in [-0.3, -0.25) is 19.4 Å². The van der Waals surface area contributed by atoms with Gasteiger partial charge in [0.1, 0.15) is 0 Å². The minimum atomic E-state index is -0.265. The topological polar surface area (TPSA) is 70.7 Å². The van der Waals surface area contributed by atoms with Crippen molar-refractivity contribution in [3.63, 3.8) is 0 Å². The van der Waals surface area contributed by atoms with E-state index in [-0.39, 0.29) is 11.1 Å². The minimum Gasteiger partial charge on any atom is -0.321 e. The molecule has 0 saturated heterocycles. The van der Waals surface area contributed by atoms with Crippen LogP contribution in [0.5, 0.6) is 0 Å². The van der Waals surface area contributed by atoms with Crippen molar-refractivity contribution in [1.82, 2.24) is 14.8 Å². The maximum atomic E-state index is 12.1. The second kappa shape index (κ2) is 4.13. The lowest BCUT2D eigenvalue weighted by atomic mass is 10.1. The highest BCUT2D eigenvalue weighted by Gasteiger charge is 2.12. The predicted octanol–water partition coefficient (Wildman–Crippen LogP) is 1.88. The number of benzene rings is 1. The summed E-state index contributed by atoms with van der Waals surface area (Å²) >= 11 is 5.84. The summed E-state index contributed by atoms with van der Waals surface area (Å²) in [4.78, 5) is 26.4. The smallest absolute Gasteiger partial charge is 0.276 e.